The number of thiophene rings is 1. The van der Waals surface area contributed by atoms with Crippen LogP contribution in [-0.4, -0.2) is 56.0 Å². The van der Waals surface area contributed by atoms with Crippen molar-refractivity contribution >= 4 is 28.8 Å². The lowest BCUT2D eigenvalue weighted by molar-refractivity contribution is -0.133. The first-order valence-electron chi connectivity index (χ1n) is 8.61. The number of benzene rings is 1. The lowest BCUT2D eigenvalue weighted by Crippen LogP contribution is -2.54. The molecule has 0 bridgehead atoms. The summed E-state index contributed by atoms with van der Waals surface area (Å²) in [5.74, 6) is 0.590. The van der Waals surface area contributed by atoms with Crippen molar-refractivity contribution in [3.05, 3.63) is 46.7 Å². The molecular formula is C19H23N3O3S. The van der Waals surface area contributed by atoms with Gasteiger partial charge < -0.3 is 19.9 Å². The van der Waals surface area contributed by atoms with Gasteiger partial charge in [0.05, 0.1) is 17.7 Å². The molecule has 1 atom stereocenters. The zero-order valence-corrected chi connectivity index (χ0v) is 15.8. The number of rotatable bonds is 5. The number of methoxy groups -OCH3 is 1. The molecule has 2 aromatic rings. The highest BCUT2D eigenvalue weighted by molar-refractivity contribution is 7.12. The van der Waals surface area contributed by atoms with E-state index in [0.717, 1.165) is 24.5 Å². The van der Waals surface area contributed by atoms with Crippen LogP contribution < -0.4 is 15.0 Å². The third kappa shape index (κ3) is 3.99. The number of carbonyl (C=O) groups excluding carboxylic acids is 2. The molecule has 1 fully saturated rings. The number of anilines is 1. The molecule has 1 unspecified atom stereocenters. The Morgan fingerprint density at radius 2 is 1.85 bits per heavy atom. The maximum atomic E-state index is 12.6. The van der Waals surface area contributed by atoms with E-state index in [9.17, 15) is 9.59 Å². The summed E-state index contributed by atoms with van der Waals surface area (Å²) in [7, 11) is 1.66. The Balaban J connectivity index is 1.55. The van der Waals surface area contributed by atoms with Gasteiger partial charge in [-0.2, -0.15) is 0 Å². The van der Waals surface area contributed by atoms with Gasteiger partial charge in [0, 0.05) is 26.2 Å². The number of piperazine rings is 1. The fraction of sp³-hybridized carbons (Fsp3) is 0.368. The topological polar surface area (TPSA) is 61.9 Å². The number of hydrogen-bond acceptors (Lipinski definition) is 5. The average Bonchev–Trinajstić information content (AvgIpc) is 3.22. The van der Waals surface area contributed by atoms with Gasteiger partial charge in [-0.1, -0.05) is 18.2 Å². The number of carbonyl (C=O) groups is 2. The lowest BCUT2D eigenvalue weighted by Gasteiger charge is -2.37. The number of ether oxygens (including phenoxy) is 1. The Morgan fingerprint density at radius 1 is 1.12 bits per heavy atom. The van der Waals surface area contributed by atoms with Crippen LogP contribution in [0.4, 0.5) is 5.69 Å². The normalized spacial score (nSPS) is 15.5. The van der Waals surface area contributed by atoms with Gasteiger partial charge in [-0.15, -0.1) is 11.3 Å². The van der Waals surface area contributed by atoms with Crippen molar-refractivity contribution in [1.82, 2.24) is 10.2 Å². The summed E-state index contributed by atoms with van der Waals surface area (Å²) in [4.78, 5) is 29.4. The van der Waals surface area contributed by atoms with Gasteiger partial charge in [0.15, 0.2) is 0 Å². The zero-order chi connectivity index (χ0) is 18.5. The third-order valence-corrected chi connectivity index (χ3v) is 5.35. The van der Waals surface area contributed by atoms with E-state index in [1.54, 1.807) is 20.1 Å². The molecule has 6 nitrogen and oxygen atoms in total. The molecule has 3 rings (SSSR count). The van der Waals surface area contributed by atoms with Crippen molar-refractivity contribution in [1.29, 1.82) is 0 Å². The first-order chi connectivity index (χ1) is 12.6. The summed E-state index contributed by atoms with van der Waals surface area (Å²) in [5, 5.41) is 4.63. The number of nitrogens with one attached hydrogen (secondary N) is 1. The maximum absolute atomic E-state index is 12.6. The van der Waals surface area contributed by atoms with Gasteiger partial charge in [0.25, 0.3) is 5.91 Å². The van der Waals surface area contributed by atoms with Gasteiger partial charge >= 0.3 is 0 Å². The van der Waals surface area contributed by atoms with Crippen LogP contribution in [0.15, 0.2) is 41.8 Å². The summed E-state index contributed by atoms with van der Waals surface area (Å²) in [6.45, 7) is 4.45. The Bertz CT molecular complexity index is 755. The third-order valence-electron chi connectivity index (χ3n) is 4.48. The average molecular weight is 373 g/mol. The summed E-state index contributed by atoms with van der Waals surface area (Å²) >= 11 is 1.37. The zero-order valence-electron chi connectivity index (χ0n) is 15.0. The van der Waals surface area contributed by atoms with Crippen molar-refractivity contribution in [2.24, 2.45) is 0 Å². The molecule has 26 heavy (non-hydrogen) atoms. The van der Waals surface area contributed by atoms with Crippen LogP contribution >= 0.6 is 11.3 Å². The Kier molecular flexibility index (Phi) is 5.78. The SMILES string of the molecule is COc1ccccc1N1CCN(C(=O)C(C)NC(=O)c2cccs2)CC1. The van der Waals surface area contributed by atoms with Crippen LogP contribution in [0.25, 0.3) is 0 Å². The van der Waals surface area contributed by atoms with E-state index < -0.39 is 6.04 Å². The summed E-state index contributed by atoms with van der Waals surface area (Å²) < 4.78 is 5.42. The van der Waals surface area contributed by atoms with E-state index >= 15 is 0 Å². The molecule has 138 valence electrons. The predicted molar refractivity (Wildman–Crippen MR) is 103 cm³/mol. The standard InChI is InChI=1S/C19H23N3O3S/c1-14(20-18(23)17-8-5-13-26-17)19(24)22-11-9-21(10-12-22)15-6-3-4-7-16(15)25-2/h3-8,13-14H,9-12H2,1-2H3,(H,20,23). The molecule has 2 heterocycles. The molecule has 7 heteroatoms. The van der Waals surface area contributed by atoms with E-state index in [2.05, 4.69) is 10.2 Å². The number of nitrogens with zero attached hydrogens (tertiary/aromatic N) is 2. The van der Waals surface area contributed by atoms with Crippen LogP contribution in [-0.2, 0) is 4.79 Å². The Labute approximate surface area is 157 Å². The Morgan fingerprint density at radius 3 is 2.50 bits per heavy atom. The second kappa shape index (κ2) is 8.23. The van der Waals surface area contributed by atoms with Crippen LogP contribution in [0.2, 0.25) is 0 Å². The smallest absolute Gasteiger partial charge is 0.261 e. The van der Waals surface area contributed by atoms with E-state index in [-0.39, 0.29) is 11.8 Å². The molecule has 1 aromatic heterocycles. The molecule has 1 aliphatic rings. The maximum Gasteiger partial charge on any atom is 0.261 e. The van der Waals surface area contributed by atoms with Crippen LogP contribution in [0, 0.1) is 0 Å². The highest BCUT2D eigenvalue weighted by atomic mass is 32.1. The van der Waals surface area contributed by atoms with Crippen LogP contribution in [0.5, 0.6) is 5.75 Å². The second-order valence-electron chi connectivity index (χ2n) is 6.16. The molecule has 1 aromatic carbocycles. The summed E-state index contributed by atoms with van der Waals surface area (Å²) in [5.41, 5.74) is 1.04. The largest absolute Gasteiger partial charge is 0.495 e. The van der Waals surface area contributed by atoms with Crippen molar-refractivity contribution in [3.8, 4) is 5.75 Å². The number of hydrogen-bond donors (Lipinski definition) is 1. The van der Waals surface area contributed by atoms with Crippen LogP contribution in [0.1, 0.15) is 16.6 Å². The molecule has 2 amide bonds. The van der Waals surface area contributed by atoms with E-state index in [1.165, 1.54) is 11.3 Å². The number of amides is 2. The molecule has 0 radical (unpaired) electrons. The molecule has 0 saturated carbocycles. The molecule has 1 aliphatic heterocycles. The van der Waals surface area contributed by atoms with Gasteiger partial charge in [0.1, 0.15) is 11.8 Å². The summed E-state index contributed by atoms with van der Waals surface area (Å²) in [6, 6.07) is 10.9. The van der Waals surface area contributed by atoms with Gasteiger partial charge in [-0.05, 0) is 30.5 Å². The lowest BCUT2D eigenvalue weighted by atomic mass is 10.2. The minimum absolute atomic E-state index is 0.0467. The summed E-state index contributed by atoms with van der Waals surface area (Å²) in [6.07, 6.45) is 0. The highest BCUT2D eigenvalue weighted by Gasteiger charge is 2.27. The van der Waals surface area contributed by atoms with Crippen molar-refractivity contribution in [3.63, 3.8) is 0 Å². The van der Waals surface area contributed by atoms with Gasteiger partial charge in [0.2, 0.25) is 5.91 Å². The first-order valence-corrected chi connectivity index (χ1v) is 9.49. The molecule has 0 spiro atoms. The predicted octanol–water partition coefficient (Wildman–Crippen LogP) is 2.22. The van der Waals surface area contributed by atoms with E-state index in [4.69, 9.17) is 4.74 Å². The molecule has 1 saturated heterocycles. The Hall–Kier alpha value is -2.54. The minimum Gasteiger partial charge on any atom is -0.495 e. The van der Waals surface area contributed by atoms with Crippen molar-refractivity contribution in [2.75, 3.05) is 38.2 Å². The number of para-hydroxylation sites is 2. The second-order valence-corrected chi connectivity index (χ2v) is 7.10. The monoisotopic (exact) mass is 373 g/mol. The van der Waals surface area contributed by atoms with E-state index in [1.807, 2.05) is 40.6 Å². The van der Waals surface area contributed by atoms with Gasteiger partial charge in [-0.25, -0.2) is 0 Å². The van der Waals surface area contributed by atoms with E-state index in [0.29, 0.717) is 18.0 Å². The van der Waals surface area contributed by atoms with Gasteiger partial charge in [-0.3, -0.25) is 9.59 Å². The van der Waals surface area contributed by atoms with Crippen molar-refractivity contribution in [2.45, 2.75) is 13.0 Å². The fourth-order valence-electron chi connectivity index (χ4n) is 3.07. The molecular weight excluding hydrogens is 350 g/mol. The minimum atomic E-state index is -0.539. The fourth-order valence-corrected chi connectivity index (χ4v) is 3.70. The highest BCUT2D eigenvalue weighted by Crippen LogP contribution is 2.28. The van der Waals surface area contributed by atoms with Crippen LogP contribution in [0.3, 0.4) is 0 Å². The molecule has 0 aliphatic carbocycles. The van der Waals surface area contributed by atoms with Crippen molar-refractivity contribution < 1.29 is 14.3 Å². The molecule has 1 N–H and O–H groups in total. The first kappa shape index (κ1) is 18.3. The quantitative estimate of drug-likeness (QED) is 0.873.